The fraction of sp³-hybridized carbons (Fsp3) is 0.471. The van der Waals surface area contributed by atoms with E-state index in [2.05, 4.69) is 15.5 Å². The summed E-state index contributed by atoms with van der Waals surface area (Å²) in [5.41, 5.74) is 9.76. The Bertz CT molecular complexity index is 1400. The average molecular weight is 570 g/mol. The molecule has 3 aromatic rings. The Labute approximate surface area is 248 Å². The van der Waals surface area contributed by atoms with Gasteiger partial charge in [0.25, 0.3) is 0 Å². The monoisotopic (exact) mass is 569 g/mol. The van der Waals surface area contributed by atoms with Gasteiger partial charge in [-0.25, -0.2) is 0 Å². The van der Waals surface area contributed by atoms with Crippen molar-refractivity contribution in [2.45, 2.75) is 82.9 Å². The second-order valence-corrected chi connectivity index (χ2v) is 13.0. The van der Waals surface area contributed by atoms with Crippen molar-refractivity contribution in [1.29, 1.82) is 0 Å². The van der Waals surface area contributed by atoms with E-state index in [-0.39, 0.29) is 29.7 Å². The number of amides is 2. The van der Waals surface area contributed by atoms with Crippen LogP contribution in [0, 0.1) is 11.8 Å². The second kappa shape index (κ2) is 11.9. The number of rotatable bonds is 8. The van der Waals surface area contributed by atoms with Gasteiger partial charge in [0.05, 0.1) is 5.60 Å². The summed E-state index contributed by atoms with van der Waals surface area (Å²) in [6.45, 7) is 5.68. The molecule has 2 aliphatic rings. The normalized spacial score (nSPS) is 25.5. The largest absolute Gasteiger partial charge is 0.390 e. The van der Waals surface area contributed by atoms with Gasteiger partial charge in [0.2, 0.25) is 11.8 Å². The summed E-state index contributed by atoms with van der Waals surface area (Å²) in [5.74, 6) is 0.816. The van der Waals surface area contributed by atoms with Gasteiger partial charge in [-0.15, -0.1) is 10.2 Å². The van der Waals surface area contributed by atoms with Crippen LogP contribution in [-0.4, -0.2) is 50.7 Å². The molecule has 0 unspecified atom stereocenters. The molecule has 0 radical (unpaired) electrons. The van der Waals surface area contributed by atoms with Crippen molar-refractivity contribution in [3.05, 3.63) is 66.2 Å². The van der Waals surface area contributed by atoms with Crippen molar-refractivity contribution in [3.63, 3.8) is 0 Å². The molecule has 0 spiro atoms. The van der Waals surface area contributed by atoms with Gasteiger partial charge in [-0.05, 0) is 68.6 Å². The van der Waals surface area contributed by atoms with Crippen LogP contribution in [0.3, 0.4) is 0 Å². The van der Waals surface area contributed by atoms with Gasteiger partial charge in [0.1, 0.15) is 5.69 Å². The van der Waals surface area contributed by atoms with E-state index in [1.54, 1.807) is 0 Å². The lowest BCUT2D eigenvalue weighted by atomic mass is 9.63. The number of carbonyl (C=O) groups excluding carboxylic acids is 2. The lowest BCUT2D eigenvalue weighted by Crippen LogP contribution is -2.58. The van der Waals surface area contributed by atoms with Crippen LogP contribution in [0.15, 0.2) is 60.7 Å². The molecule has 0 saturated heterocycles. The zero-order valence-corrected chi connectivity index (χ0v) is 25.1. The summed E-state index contributed by atoms with van der Waals surface area (Å²) < 4.78 is 0. The summed E-state index contributed by atoms with van der Waals surface area (Å²) in [4.78, 5) is 27.3. The van der Waals surface area contributed by atoms with E-state index in [9.17, 15) is 14.7 Å². The number of aromatic nitrogens is 2. The molecule has 2 aliphatic carbocycles. The predicted octanol–water partition coefficient (Wildman–Crippen LogP) is 5.51. The van der Waals surface area contributed by atoms with E-state index in [1.807, 2.05) is 93.4 Å². The second-order valence-electron chi connectivity index (χ2n) is 13.0. The van der Waals surface area contributed by atoms with Crippen LogP contribution < -0.4 is 11.1 Å². The highest BCUT2D eigenvalue weighted by molar-refractivity contribution is 5.91. The molecule has 42 heavy (non-hydrogen) atoms. The molecule has 8 nitrogen and oxygen atoms in total. The van der Waals surface area contributed by atoms with Gasteiger partial charge < -0.3 is 21.1 Å². The number of hydrogen-bond acceptors (Lipinski definition) is 6. The van der Waals surface area contributed by atoms with Crippen molar-refractivity contribution in [2.24, 2.45) is 17.6 Å². The van der Waals surface area contributed by atoms with Crippen LogP contribution in [0.4, 0.5) is 5.82 Å². The van der Waals surface area contributed by atoms with E-state index in [1.165, 1.54) is 0 Å². The first-order valence-electron chi connectivity index (χ1n) is 15.1. The van der Waals surface area contributed by atoms with E-state index >= 15 is 0 Å². The predicted molar refractivity (Wildman–Crippen MR) is 165 cm³/mol. The standard InChI is InChI=1S/C34H43N5O3/c1-22(2)32(41)39(4)27-16-10-23(11-17-27)18-30(40)36-29-19-28(24-8-6-5-7-9-24)31(38-37-29)25-12-14-26(15-13-25)34(35)20-33(3,42)21-34/h5-9,12-15,19,22-23,27,42H,10-11,16-18,20-21,35H2,1-4H3,(H,36,37,40). The minimum Gasteiger partial charge on any atom is -0.390 e. The summed E-state index contributed by atoms with van der Waals surface area (Å²) in [5, 5.41) is 22.1. The molecule has 2 fully saturated rings. The maximum Gasteiger partial charge on any atom is 0.225 e. The molecule has 2 saturated carbocycles. The molecule has 8 heteroatoms. The summed E-state index contributed by atoms with van der Waals surface area (Å²) in [6, 6.07) is 20.1. The number of nitrogens with two attached hydrogens (primary N) is 1. The van der Waals surface area contributed by atoms with E-state index < -0.39 is 11.1 Å². The Kier molecular flexibility index (Phi) is 8.49. The summed E-state index contributed by atoms with van der Waals surface area (Å²) in [6.07, 6.45) is 5.16. The summed E-state index contributed by atoms with van der Waals surface area (Å²) in [7, 11) is 1.90. The number of hydrogen-bond donors (Lipinski definition) is 3. The molecule has 2 amide bonds. The van der Waals surface area contributed by atoms with Crippen molar-refractivity contribution in [3.8, 4) is 22.4 Å². The number of nitrogens with zero attached hydrogens (tertiary/aromatic N) is 3. The minimum atomic E-state index is -0.719. The van der Waals surface area contributed by atoms with Crippen LogP contribution in [0.2, 0.25) is 0 Å². The van der Waals surface area contributed by atoms with Gasteiger partial charge in [-0.1, -0.05) is 68.4 Å². The first kappa shape index (κ1) is 29.9. The zero-order valence-electron chi connectivity index (χ0n) is 25.1. The molecule has 2 aromatic carbocycles. The first-order valence-corrected chi connectivity index (χ1v) is 15.1. The Hall–Kier alpha value is -3.62. The zero-order chi connectivity index (χ0) is 30.1. The van der Waals surface area contributed by atoms with Crippen molar-refractivity contribution in [2.75, 3.05) is 12.4 Å². The van der Waals surface area contributed by atoms with Gasteiger partial charge >= 0.3 is 0 Å². The Morgan fingerprint density at radius 2 is 1.64 bits per heavy atom. The highest BCUT2D eigenvalue weighted by Gasteiger charge is 2.49. The quantitative estimate of drug-likeness (QED) is 0.329. The van der Waals surface area contributed by atoms with Gasteiger partial charge in [-0.2, -0.15) is 0 Å². The number of nitrogens with one attached hydrogen (secondary N) is 1. The third-order valence-electron chi connectivity index (χ3n) is 8.95. The first-order chi connectivity index (χ1) is 19.9. The van der Waals surface area contributed by atoms with Crippen LogP contribution in [-0.2, 0) is 15.1 Å². The topological polar surface area (TPSA) is 121 Å². The van der Waals surface area contributed by atoms with Crippen LogP contribution in [0.1, 0.15) is 71.3 Å². The van der Waals surface area contributed by atoms with Crippen molar-refractivity contribution in [1.82, 2.24) is 15.1 Å². The average Bonchev–Trinajstić information content (AvgIpc) is 2.96. The molecular weight excluding hydrogens is 526 g/mol. The van der Waals surface area contributed by atoms with Crippen molar-refractivity contribution >= 4 is 17.6 Å². The fourth-order valence-corrected chi connectivity index (χ4v) is 6.75. The van der Waals surface area contributed by atoms with Crippen LogP contribution in [0.5, 0.6) is 0 Å². The van der Waals surface area contributed by atoms with Gasteiger partial charge in [0.15, 0.2) is 5.82 Å². The van der Waals surface area contributed by atoms with E-state index in [4.69, 9.17) is 5.73 Å². The molecule has 5 rings (SSSR count). The third-order valence-corrected chi connectivity index (χ3v) is 8.95. The molecule has 1 aromatic heterocycles. The van der Waals surface area contributed by atoms with Gasteiger partial charge in [0, 0.05) is 42.1 Å². The fourth-order valence-electron chi connectivity index (χ4n) is 6.75. The molecule has 222 valence electrons. The number of anilines is 1. The molecular formula is C34H43N5O3. The third kappa shape index (κ3) is 6.55. The molecule has 0 aliphatic heterocycles. The molecule has 0 atom stereocenters. The van der Waals surface area contributed by atoms with E-state index in [0.29, 0.717) is 25.1 Å². The van der Waals surface area contributed by atoms with Crippen LogP contribution in [0.25, 0.3) is 22.4 Å². The highest BCUT2D eigenvalue weighted by atomic mass is 16.3. The Morgan fingerprint density at radius 1 is 1.00 bits per heavy atom. The maximum atomic E-state index is 13.0. The number of aliphatic hydroxyl groups is 1. The number of benzene rings is 2. The van der Waals surface area contributed by atoms with Gasteiger partial charge in [-0.3, -0.25) is 9.59 Å². The Morgan fingerprint density at radius 3 is 2.24 bits per heavy atom. The lowest BCUT2D eigenvalue weighted by Gasteiger charge is -2.49. The molecule has 0 bridgehead atoms. The highest BCUT2D eigenvalue weighted by Crippen LogP contribution is 2.46. The maximum absolute atomic E-state index is 13.0. The van der Waals surface area contributed by atoms with Crippen LogP contribution >= 0.6 is 0 Å². The van der Waals surface area contributed by atoms with Crippen molar-refractivity contribution < 1.29 is 14.7 Å². The lowest BCUT2D eigenvalue weighted by molar-refractivity contribution is -0.136. The summed E-state index contributed by atoms with van der Waals surface area (Å²) >= 11 is 0. The Balaban J connectivity index is 1.27. The molecule has 4 N–H and O–H groups in total. The number of carbonyl (C=O) groups is 2. The minimum absolute atomic E-state index is 0.00442. The SMILES string of the molecule is CC(C)C(=O)N(C)C1CCC(CC(=O)Nc2cc(-c3ccccc3)c(-c3ccc(C4(N)CC(C)(O)C4)cc3)nn2)CC1. The van der Waals surface area contributed by atoms with E-state index in [0.717, 1.165) is 53.6 Å². The smallest absolute Gasteiger partial charge is 0.225 e. The molecule has 1 heterocycles.